The van der Waals surface area contributed by atoms with Crippen LogP contribution in [0.1, 0.15) is 45.2 Å². The number of carbonyl (C=O) groups excluding carboxylic acids is 2. The molecule has 1 N–H and O–H groups in total. The van der Waals surface area contributed by atoms with Crippen LogP contribution in [0.25, 0.3) is 0 Å². The molecular weight excluding hydrogens is 428 g/mol. The van der Waals surface area contributed by atoms with Crippen LogP contribution >= 0.6 is 11.6 Å². The van der Waals surface area contributed by atoms with E-state index < -0.39 is 6.04 Å². The van der Waals surface area contributed by atoms with Crippen molar-refractivity contribution in [2.75, 3.05) is 13.2 Å². The topological polar surface area (TPSA) is 67.9 Å². The van der Waals surface area contributed by atoms with Crippen molar-refractivity contribution in [2.45, 2.75) is 58.7 Å². The van der Waals surface area contributed by atoms with Crippen molar-refractivity contribution >= 4 is 23.4 Å². The van der Waals surface area contributed by atoms with E-state index in [1.807, 2.05) is 57.2 Å². The van der Waals surface area contributed by atoms with Gasteiger partial charge in [-0.2, -0.15) is 0 Å². The molecular formula is C25H31ClN2O4. The van der Waals surface area contributed by atoms with E-state index in [0.29, 0.717) is 37.0 Å². The number of hydrogen-bond donors (Lipinski definition) is 1. The first-order valence-electron chi connectivity index (χ1n) is 10.9. The van der Waals surface area contributed by atoms with Gasteiger partial charge >= 0.3 is 0 Å². The lowest BCUT2D eigenvalue weighted by molar-refractivity contribution is -0.141. The molecule has 2 aromatic carbocycles. The molecule has 1 atom stereocenters. The van der Waals surface area contributed by atoms with Gasteiger partial charge in [-0.3, -0.25) is 9.59 Å². The van der Waals surface area contributed by atoms with Gasteiger partial charge in [0, 0.05) is 23.5 Å². The lowest BCUT2D eigenvalue weighted by atomic mass is 10.1. The quantitative estimate of drug-likeness (QED) is 0.668. The standard InChI is InChI=1S/C25H31ClN2O4/c1-17(24(30)27-25(2,3)4)28(16-19-6-5-7-20(26)14-19)23(29)11-9-18-8-10-21-22(15-18)32-13-12-31-21/h5-8,10,14-15,17H,9,11-13,16H2,1-4H3,(H,27,30)/t17-/m0/s1. The van der Waals surface area contributed by atoms with Gasteiger partial charge in [0.15, 0.2) is 11.5 Å². The number of nitrogens with one attached hydrogen (secondary N) is 1. The van der Waals surface area contributed by atoms with Crippen LogP contribution in [0.4, 0.5) is 0 Å². The minimum Gasteiger partial charge on any atom is -0.486 e. The molecule has 6 nitrogen and oxygen atoms in total. The third-order valence-corrected chi connectivity index (χ3v) is 5.38. The van der Waals surface area contributed by atoms with Crippen molar-refractivity contribution < 1.29 is 19.1 Å². The van der Waals surface area contributed by atoms with Gasteiger partial charge in [0.05, 0.1) is 0 Å². The first-order chi connectivity index (χ1) is 15.1. The van der Waals surface area contributed by atoms with E-state index in [1.54, 1.807) is 17.9 Å². The Hall–Kier alpha value is -2.73. The van der Waals surface area contributed by atoms with Gasteiger partial charge in [-0.15, -0.1) is 0 Å². The molecule has 1 aliphatic rings. The summed E-state index contributed by atoms with van der Waals surface area (Å²) in [5.41, 5.74) is 1.47. The fraction of sp³-hybridized carbons (Fsp3) is 0.440. The molecule has 2 amide bonds. The second kappa shape index (κ2) is 10.3. The number of halogens is 1. The van der Waals surface area contributed by atoms with Crippen molar-refractivity contribution in [1.29, 1.82) is 0 Å². The zero-order chi connectivity index (χ0) is 23.3. The summed E-state index contributed by atoms with van der Waals surface area (Å²) in [6.45, 7) is 8.88. The molecule has 172 valence electrons. The zero-order valence-corrected chi connectivity index (χ0v) is 19.9. The van der Waals surface area contributed by atoms with Gasteiger partial charge in [0.1, 0.15) is 19.3 Å². The molecule has 32 heavy (non-hydrogen) atoms. The van der Waals surface area contributed by atoms with Crippen LogP contribution in [0.3, 0.4) is 0 Å². The number of hydrogen-bond acceptors (Lipinski definition) is 4. The van der Waals surface area contributed by atoms with Gasteiger partial charge in [-0.1, -0.05) is 29.8 Å². The third kappa shape index (κ3) is 6.63. The highest BCUT2D eigenvalue weighted by Gasteiger charge is 2.28. The van der Waals surface area contributed by atoms with Gasteiger partial charge in [0.25, 0.3) is 0 Å². The van der Waals surface area contributed by atoms with Crippen LogP contribution in [0.2, 0.25) is 5.02 Å². The van der Waals surface area contributed by atoms with Crippen molar-refractivity contribution in [3.8, 4) is 11.5 Å². The van der Waals surface area contributed by atoms with Crippen LogP contribution in [0.15, 0.2) is 42.5 Å². The normalized spacial score (nSPS) is 13.9. The molecule has 3 rings (SSSR count). The lowest BCUT2D eigenvalue weighted by Crippen LogP contribution is -2.52. The second-order valence-electron chi connectivity index (χ2n) is 9.04. The molecule has 0 saturated carbocycles. The smallest absolute Gasteiger partial charge is 0.242 e. The van der Waals surface area contributed by atoms with E-state index >= 15 is 0 Å². The number of benzene rings is 2. The average molecular weight is 459 g/mol. The summed E-state index contributed by atoms with van der Waals surface area (Å²) < 4.78 is 11.2. The Morgan fingerprint density at radius 2 is 1.78 bits per heavy atom. The molecule has 0 spiro atoms. The summed E-state index contributed by atoms with van der Waals surface area (Å²) in [5, 5.41) is 3.57. The number of nitrogens with zero attached hydrogens (tertiary/aromatic N) is 1. The highest BCUT2D eigenvalue weighted by atomic mass is 35.5. The Balaban J connectivity index is 1.73. The Labute approximate surface area is 194 Å². The zero-order valence-electron chi connectivity index (χ0n) is 19.1. The van der Waals surface area contributed by atoms with E-state index in [9.17, 15) is 9.59 Å². The number of amides is 2. The minimum absolute atomic E-state index is 0.101. The molecule has 2 aromatic rings. The van der Waals surface area contributed by atoms with Crippen molar-refractivity contribution in [2.24, 2.45) is 0 Å². The SMILES string of the molecule is C[C@@H](C(=O)NC(C)(C)C)N(Cc1cccc(Cl)c1)C(=O)CCc1ccc2c(c1)OCCO2. The predicted molar refractivity (Wildman–Crippen MR) is 125 cm³/mol. The Morgan fingerprint density at radius 1 is 1.06 bits per heavy atom. The molecule has 0 radical (unpaired) electrons. The van der Waals surface area contributed by atoms with Crippen molar-refractivity contribution in [3.63, 3.8) is 0 Å². The van der Waals surface area contributed by atoms with Gasteiger partial charge in [-0.05, 0) is 69.5 Å². The Bertz CT molecular complexity index is 971. The van der Waals surface area contributed by atoms with E-state index in [0.717, 1.165) is 16.9 Å². The van der Waals surface area contributed by atoms with Crippen molar-refractivity contribution in [1.82, 2.24) is 10.2 Å². The molecule has 0 aromatic heterocycles. The molecule has 0 saturated heterocycles. The van der Waals surface area contributed by atoms with Gasteiger partial charge < -0.3 is 19.7 Å². The van der Waals surface area contributed by atoms with Crippen LogP contribution in [0.5, 0.6) is 11.5 Å². The fourth-order valence-electron chi connectivity index (χ4n) is 3.53. The molecule has 1 heterocycles. The number of rotatable bonds is 7. The average Bonchev–Trinajstić information content (AvgIpc) is 2.74. The minimum atomic E-state index is -0.624. The van der Waals surface area contributed by atoms with Gasteiger partial charge in [0.2, 0.25) is 11.8 Å². The summed E-state index contributed by atoms with van der Waals surface area (Å²) >= 11 is 6.13. The number of carbonyl (C=O) groups is 2. The number of aryl methyl sites for hydroxylation is 1. The van der Waals surface area contributed by atoms with Gasteiger partial charge in [-0.25, -0.2) is 0 Å². The third-order valence-electron chi connectivity index (χ3n) is 5.14. The summed E-state index contributed by atoms with van der Waals surface area (Å²) in [4.78, 5) is 27.7. The monoisotopic (exact) mass is 458 g/mol. The van der Waals surface area contributed by atoms with Crippen LogP contribution in [0, 0.1) is 0 Å². The first-order valence-corrected chi connectivity index (χ1v) is 11.2. The fourth-order valence-corrected chi connectivity index (χ4v) is 3.74. The van der Waals surface area contributed by atoms with Crippen LogP contribution < -0.4 is 14.8 Å². The van der Waals surface area contributed by atoms with E-state index in [2.05, 4.69) is 5.32 Å². The van der Waals surface area contributed by atoms with E-state index in [1.165, 1.54) is 0 Å². The molecule has 7 heteroatoms. The Morgan fingerprint density at radius 3 is 2.47 bits per heavy atom. The van der Waals surface area contributed by atoms with Crippen molar-refractivity contribution in [3.05, 3.63) is 58.6 Å². The maximum Gasteiger partial charge on any atom is 0.242 e. The Kier molecular flexibility index (Phi) is 7.67. The largest absolute Gasteiger partial charge is 0.486 e. The molecule has 0 bridgehead atoms. The van der Waals surface area contributed by atoms with Crippen LogP contribution in [-0.2, 0) is 22.6 Å². The summed E-state index contributed by atoms with van der Waals surface area (Å²) in [6.07, 6.45) is 0.808. The molecule has 1 aliphatic heterocycles. The maximum atomic E-state index is 13.3. The number of ether oxygens (including phenoxy) is 2. The summed E-state index contributed by atoms with van der Waals surface area (Å²) in [6, 6.07) is 12.5. The second-order valence-corrected chi connectivity index (χ2v) is 9.48. The van der Waals surface area contributed by atoms with E-state index in [-0.39, 0.29) is 23.8 Å². The highest BCUT2D eigenvalue weighted by Crippen LogP contribution is 2.31. The molecule has 0 aliphatic carbocycles. The summed E-state index contributed by atoms with van der Waals surface area (Å²) in [7, 11) is 0. The highest BCUT2D eigenvalue weighted by molar-refractivity contribution is 6.30. The predicted octanol–water partition coefficient (Wildman–Crippen LogP) is 4.38. The lowest BCUT2D eigenvalue weighted by Gasteiger charge is -2.31. The molecule has 0 fully saturated rings. The first kappa shape index (κ1) is 23.9. The summed E-state index contributed by atoms with van der Waals surface area (Å²) in [5.74, 6) is 1.14. The van der Waals surface area contributed by atoms with Crippen LogP contribution in [-0.4, -0.2) is 41.5 Å². The maximum absolute atomic E-state index is 13.3. The molecule has 0 unspecified atom stereocenters. The van der Waals surface area contributed by atoms with E-state index in [4.69, 9.17) is 21.1 Å². The number of fused-ring (bicyclic) bond motifs is 1.